The highest BCUT2D eigenvalue weighted by Crippen LogP contribution is 1.95. The summed E-state index contributed by atoms with van der Waals surface area (Å²) in [4.78, 5) is 24.1. The predicted molar refractivity (Wildman–Crippen MR) is 62.0 cm³/mol. The topological polar surface area (TPSA) is 58.6 Å². The van der Waals surface area contributed by atoms with Crippen molar-refractivity contribution in [2.75, 3.05) is 33.9 Å². The molecule has 0 rings (SSSR count). The van der Waals surface area contributed by atoms with Crippen LogP contribution in [0.5, 0.6) is 0 Å². The van der Waals surface area contributed by atoms with Gasteiger partial charge in [0.1, 0.15) is 0 Å². The maximum absolute atomic E-state index is 11.3. The molecule has 0 radical (unpaired) electrons. The summed E-state index contributed by atoms with van der Waals surface area (Å²) in [5.74, 6) is 0.120. The van der Waals surface area contributed by atoms with Gasteiger partial charge < -0.3 is 15.0 Å². The summed E-state index contributed by atoms with van der Waals surface area (Å²) < 4.78 is 4.81. The van der Waals surface area contributed by atoms with Crippen molar-refractivity contribution >= 4 is 11.8 Å². The van der Waals surface area contributed by atoms with Gasteiger partial charge in [-0.3, -0.25) is 9.59 Å². The molecule has 0 saturated heterocycles. The van der Waals surface area contributed by atoms with E-state index >= 15 is 0 Å². The van der Waals surface area contributed by atoms with Gasteiger partial charge in [-0.15, -0.1) is 0 Å². The summed E-state index contributed by atoms with van der Waals surface area (Å²) in [7, 11) is 3.35. The van der Waals surface area contributed by atoms with Crippen molar-refractivity contribution in [1.29, 1.82) is 0 Å². The molecular weight excluding hydrogens is 208 g/mol. The van der Waals surface area contributed by atoms with Crippen LogP contribution in [0.2, 0.25) is 0 Å². The molecule has 0 aliphatic rings. The first-order valence-corrected chi connectivity index (χ1v) is 5.61. The highest BCUT2D eigenvalue weighted by molar-refractivity contribution is 5.76. The Balaban J connectivity index is 3.50. The zero-order chi connectivity index (χ0) is 12.4. The van der Waals surface area contributed by atoms with Gasteiger partial charge in [-0.2, -0.15) is 0 Å². The molecule has 0 aliphatic heterocycles. The molecule has 0 aromatic carbocycles. The number of nitrogens with one attached hydrogen (secondary N) is 1. The molecule has 0 aliphatic carbocycles. The summed E-state index contributed by atoms with van der Waals surface area (Å²) in [6.07, 6.45) is 1.66. The number of nitrogens with zero attached hydrogens (tertiary/aromatic N) is 1. The third-order valence-electron chi connectivity index (χ3n) is 2.25. The van der Waals surface area contributed by atoms with E-state index in [1.165, 1.54) is 0 Å². The van der Waals surface area contributed by atoms with Crippen LogP contribution in [0.1, 0.15) is 26.2 Å². The van der Waals surface area contributed by atoms with E-state index in [0.29, 0.717) is 39.0 Å². The number of amides is 2. The van der Waals surface area contributed by atoms with E-state index in [2.05, 4.69) is 5.32 Å². The lowest BCUT2D eigenvalue weighted by Gasteiger charge is -2.15. The van der Waals surface area contributed by atoms with E-state index < -0.39 is 0 Å². The number of hydrogen-bond donors (Lipinski definition) is 1. The summed E-state index contributed by atoms with van der Waals surface area (Å²) in [6.45, 7) is 3.53. The van der Waals surface area contributed by atoms with Gasteiger partial charge in [-0.05, 0) is 6.42 Å². The van der Waals surface area contributed by atoms with Crippen molar-refractivity contribution in [2.24, 2.45) is 0 Å². The largest absolute Gasteiger partial charge is 0.383 e. The molecule has 0 spiro atoms. The van der Waals surface area contributed by atoms with E-state index in [9.17, 15) is 9.59 Å². The van der Waals surface area contributed by atoms with Crippen LogP contribution in [0.25, 0.3) is 0 Å². The molecule has 5 heteroatoms. The normalized spacial score (nSPS) is 9.94. The van der Waals surface area contributed by atoms with Crippen LogP contribution < -0.4 is 5.32 Å². The number of carbonyl (C=O) groups is 2. The smallest absolute Gasteiger partial charge is 0.222 e. The van der Waals surface area contributed by atoms with Gasteiger partial charge in [0.25, 0.3) is 0 Å². The van der Waals surface area contributed by atoms with Gasteiger partial charge in [0.2, 0.25) is 11.8 Å². The Morgan fingerprint density at radius 2 is 2.06 bits per heavy atom. The molecule has 0 aromatic heterocycles. The minimum atomic E-state index is 0.00870. The molecule has 0 fully saturated rings. The average Bonchev–Trinajstić information content (AvgIpc) is 2.28. The van der Waals surface area contributed by atoms with Crippen LogP contribution in [0, 0.1) is 0 Å². The number of carbonyl (C=O) groups excluding carboxylic acids is 2. The first-order valence-electron chi connectivity index (χ1n) is 5.61. The van der Waals surface area contributed by atoms with Crippen LogP contribution >= 0.6 is 0 Å². The minimum absolute atomic E-state index is 0.00870. The van der Waals surface area contributed by atoms with Crippen LogP contribution in [-0.4, -0.2) is 50.6 Å². The Labute approximate surface area is 97.1 Å². The quantitative estimate of drug-likeness (QED) is 0.614. The van der Waals surface area contributed by atoms with Crippen molar-refractivity contribution in [1.82, 2.24) is 10.2 Å². The van der Waals surface area contributed by atoms with Gasteiger partial charge >= 0.3 is 0 Å². The third kappa shape index (κ3) is 7.23. The number of methoxy groups -OCH3 is 1. The molecule has 1 N–H and O–H groups in total. The Hall–Kier alpha value is -1.10. The monoisotopic (exact) mass is 230 g/mol. The molecule has 0 unspecified atom stereocenters. The predicted octanol–water partition coefficient (Wildman–Crippen LogP) is 0.398. The molecule has 0 heterocycles. The zero-order valence-electron chi connectivity index (χ0n) is 10.4. The molecular formula is C11H22N2O3. The molecule has 94 valence electrons. The summed E-state index contributed by atoms with van der Waals surface area (Å²) in [6, 6.07) is 0. The van der Waals surface area contributed by atoms with Gasteiger partial charge in [-0.1, -0.05) is 6.92 Å². The lowest BCUT2D eigenvalue weighted by atomic mass is 10.2. The summed E-state index contributed by atoms with van der Waals surface area (Å²) >= 11 is 0. The summed E-state index contributed by atoms with van der Waals surface area (Å²) in [5, 5.41) is 2.73. The SMILES string of the molecule is CCC(=O)N(C)CCCC(=O)NCCOC. The number of rotatable bonds is 8. The van der Waals surface area contributed by atoms with E-state index in [-0.39, 0.29) is 11.8 Å². The Bertz CT molecular complexity index is 219. The second-order valence-electron chi connectivity index (χ2n) is 3.62. The Morgan fingerprint density at radius 1 is 1.38 bits per heavy atom. The van der Waals surface area contributed by atoms with E-state index in [4.69, 9.17) is 4.74 Å². The van der Waals surface area contributed by atoms with Crippen molar-refractivity contribution in [3.63, 3.8) is 0 Å². The Morgan fingerprint density at radius 3 is 2.62 bits per heavy atom. The maximum atomic E-state index is 11.3. The third-order valence-corrected chi connectivity index (χ3v) is 2.25. The fraction of sp³-hybridized carbons (Fsp3) is 0.818. The number of hydrogen-bond acceptors (Lipinski definition) is 3. The first kappa shape index (κ1) is 14.9. The highest BCUT2D eigenvalue weighted by atomic mass is 16.5. The lowest BCUT2D eigenvalue weighted by Crippen LogP contribution is -2.30. The van der Waals surface area contributed by atoms with Crippen molar-refractivity contribution in [2.45, 2.75) is 26.2 Å². The van der Waals surface area contributed by atoms with Crippen LogP contribution in [-0.2, 0) is 14.3 Å². The van der Waals surface area contributed by atoms with Crippen molar-refractivity contribution in [3.8, 4) is 0 Å². The van der Waals surface area contributed by atoms with E-state index in [0.717, 1.165) is 0 Å². The van der Waals surface area contributed by atoms with Crippen molar-refractivity contribution in [3.05, 3.63) is 0 Å². The van der Waals surface area contributed by atoms with Gasteiger partial charge in [0.05, 0.1) is 6.61 Å². The molecule has 0 aromatic rings. The van der Waals surface area contributed by atoms with E-state index in [1.54, 1.807) is 19.1 Å². The standard InChI is InChI=1S/C11H22N2O3/c1-4-11(15)13(2)8-5-6-10(14)12-7-9-16-3/h4-9H2,1-3H3,(H,12,14). The minimum Gasteiger partial charge on any atom is -0.383 e. The van der Waals surface area contributed by atoms with Gasteiger partial charge in [0.15, 0.2) is 0 Å². The second-order valence-corrected chi connectivity index (χ2v) is 3.62. The van der Waals surface area contributed by atoms with Gasteiger partial charge in [0, 0.05) is 40.1 Å². The Kier molecular flexibility index (Phi) is 8.52. The molecule has 16 heavy (non-hydrogen) atoms. The molecule has 2 amide bonds. The maximum Gasteiger partial charge on any atom is 0.222 e. The highest BCUT2D eigenvalue weighted by Gasteiger charge is 2.06. The molecule has 0 bridgehead atoms. The van der Waals surface area contributed by atoms with Gasteiger partial charge in [-0.25, -0.2) is 0 Å². The summed E-state index contributed by atoms with van der Waals surface area (Å²) in [5.41, 5.74) is 0. The van der Waals surface area contributed by atoms with Crippen LogP contribution in [0.15, 0.2) is 0 Å². The fourth-order valence-corrected chi connectivity index (χ4v) is 1.25. The average molecular weight is 230 g/mol. The number of ether oxygens (including phenoxy) is 1. The van der Waals surface area contributed by atoms with Crippen LogP contribution in [0.4, 0.5) is 0 Å². The van der Waals surface area contributed by atoms with Crippen LogP contribution in [0.3, 0.4) is 0 Å². The molecule has 0 atom stereocenters. The molecule has 0 saturated carbocycles. The molecule has 5 nitrogen and oxygen atoms in total. The lowest BCUT2D eigenvalue weighted by molar-refractivity contribution is -0.130. The van der Waals surface area contributed by atoms with E-state index in [1.807, 2.05) is 6.92 Å². The zero-order valence-corrected chi connectivity index (χ0v) is 10.4. The first-order chi connectivity index (χ1) is 7.61. The fourth-order valence-electron chi connectivity index (χ4n) is 1.25. The second kappa shape index (κ2) is 9.15. The van der Waals surface area contributed by atoms with Crippen molar-refractivity contribution < 1.29 is 14.3 Å².